The number of furan rings is 2. The molecule has 0 N–H and O–H groups in total. The first kappa shape index (κ1) is 23.7. The van der Waals surface area contributed by atoms with Gasteiger partial charge in [-0.05, 0) is 184 Å². The maximum Gasteiger partial charge on any atom is 0.143 e. The zero-order chi connectivity index (χ0) is 120. The number of fused-ring (bicyclic) bond motifs is 17. The minimum atomic E-state index is -3.33. The predicted molar refractivity (Wildman–Crippen MR) is 428 cm³/mol. The van der Waals surface area contributed by atoms with Crippen LogP contribution in [0.25, 0.3) is 198 Å². The molecule has 1 unspecified atom stereocenters. The van der Waals surface area contributed by atoms with Crippen molar-refractivity contribution in [3.05, 3.63) is 362 Å². The fourth-order valence-electron chi connectivity index (χ4n) is 12.7. The van der Waals surface area contributed by atoms with Gasteiger partial charge in [-0.1, -0.05) is 334 Å². The molecule has 0 saturated carbocycles. The first-order valence-corrected chi connectivity index (χ1v) is 30.1. The third-order valence-electron chi connectivity index (χ3n) is 17.1. The lowest BCUT2D eigenvalue weighted by Crippen LogP contribution is -2.14. The zero-order valence-corrected chi connectivity index (χ0v) is 50.8. The summed E-state index contributed by atoms with van der Waals surface area (Å²) in [5, 5.41) is -10.3. The molecule has 1 aliphatic rings. The Kier molecular flexibility index (Phi) is 5.42. The van der Waals surface area contributed by atoms with Crippen molar-refractivity contribution >= 4 is 109 Å². The van der Waals surface area contributed by atoms with Crippen LogP contribution in [0.4, 0.5) is 0 Å². The van der Waals surface area contributed by atoms with Gasteiger partial charge in [-0.25, -0.2) is 0 Å². The van der Waals surface area contributed by atoms with Crippen LogP contribution in [-0.2, 0) is 5.41 Å². The van der Waals surface area contributed by atoms with Gasteiger partial charge in [-0.3, -0.25) is 0 Å². The van der Waals surface area contributed by atoms with Gasteiger partial charge in [0.05, 0.1) is 79.5 Å². The normalized spacial score (nSPS) is 22.1. The Labute approximate surface area is 670 Å². The van der Waals surface area contributed by atoms with Gasteiger partial charge in [0.25, 0.3) is 0 Å². The second-order valence-electron chi connectivity index (χ2n) is 22.6. The Balaban J connectivity index is 0.000000193. The van der Waals surface area contributed by atoms with Crippen LogP contribution >= 0.6 is 0 Å². The van der Waals surface area contributed by atoms with Crippen LogP contribution in [0.15, 0.2) is 359 Å². The number of benzene rings is 18. The minimum absolute atomic E-state index is 0.439. The first-order valence-electron chi connectivity index (χ1n) is 60.6. The zero-order valence-electron chi connectivity index (χ0n) is 112. The summed E-state index contributed by atoms with van der Waals surface area (Å²) in [4.78, 5) is 0. The molecule has 21 rings (SSSR count). The third-order valence-corrected chi connectivity index (χ3v) is 17.1. The Morgan fingerprint density at radius 1 is 0.238 bits per heavy atom. The highest BCUT2D eigenvalue weighted by Gasteiger charge is 2.36. The van der Waals surface area contributed by atoms with E-state index in [1.807, 2.05) is 0 Å². The largest absolute Gasteiger partial charge is 0.455 e. The van der Waals surface area contributed by atoms with Gasteiger partial charge in [0, 0.05) is 41.8 Å². The highest BCUT2D eigenvalue weighted by atomic mass is 16.3. The summed E-state index contributed by atoms with van der Waals surface area (Å²) in [5.41, 5.74) is -18.7. The molecule has 2 aromatic heterocycles. The van der Waals surface area contributed by atoms with Crippen molar-refractivity contribution in [1.82, 2.24) is 0 Å². The molecular weight excluding hydrogens is 1220 g/mol. The van der Waals surface area contributed by atoms with Crippen molar-refractivity contribution in [3.8, 4) is 89.0 Å². The maximum atomic E-state index is 9.98. The Hall–Kier alpha value is -12.9. The standard InChI is InChI=1S/C51H34O.C48H30O/c1-51(2)44-20-10-9-14-37(44)38-28-27-34(30-45(38)51)48-41-17-7-5-15-39(41)47(40-16-6-8-18-42(40)48)33-24-22-32(23-25-33)35-19-11-21-46-49(35)43-29-26-31-12-3-4-13-36(31)50(43)52-46;1-2-11-31(12-3-1)32-21-25-35(26-22-32)45-39-15-6-8-17-41(39)46(42-18-9-7-16-40(42)45)36-27-23-34(24-28-36)37-19-10-20-44-47(37)43-30-29-33-13-4-5-14-38(33)48(43)49-44/h3-30H,1-2H3;1-30H/i1D3,3D,4D,5D,6D,7D,8D,9D,10D,11D,12D,13D,14D,15D,16D,17D,18D,19D,20D,21D,22D,23D,24D,25D,26D,27D,28D,29D,30D;1D,2D,3D,4D,5D,6D,7D,8D,9D,10D,11D,12D,13D,14D,15D,16D,17D,18D,19D,20D,21D,22D,23D,24D,25D,26D,27D,28D,29D,30D. The van der Waals surface area contributed by atoms with Crippen molar-refractivity contribution < 1.29 is 92.5 Å². The molecule has 472 valence electrons. The maximum absolute atomic E-state index is 9.98. The summed E-state index contributed by atoms with van der Waals surface area (Å²) < 4.78 is 563. The highest BCUT2D eigenvalue weighted by molar-refractivity contribution is 6.25. The third kappa shape index (κ3) is 9.26. The van der Waals surface area contributed by atoms with E-state index < -0.39 is 571 Å². The fraction of sp³-hybridized carbons (Fsp3) is 0.0303. The van der Waals surface area contributed by atoms with Crippen LogP contribution in [0.2, 0.25) is 0 Å². The number of rotatable bonds is 7. The minimum Gasteiger partial charge on any atom is -0.455 e. The summed E-state index contributed by atoms with van der Waals surface area (Å²) in [7, 11) is 0. The van der Waals surface area contributed by atoms with Gasteiger partial charge in [0.1, 0.15) is 22.3 Å². The molecule has 101 heavy (non-hydrogen) atoms. The molecule has 2 heteroatoms. The smallest absolute Gasteiger partial charge is 0.143 e. The summed E-state index contributed by atoms with van der Waals surface area (Å²) >= 11 is 0. The molecule has 0 radical (unpaired) electrons. The second kappa shape index (κ2) is 23.1. The van der Waals surface area contributed by atoms with Gasteiger partial charge >= 0.3 is 0 Å². The molecule has 20 aromatic rings. The van der Waals surface area contributed by atoms with Crippen LogP contribution in [0, 0.1) is 0 Å². The molecule has 0 spiro atoms. The molecule has 0 aliphatic heterocycles. The fourth-order valence-corrected chi connectivity index (χ4v) is 12.7. The molecule has 0 amide bonds. The summed E-state index contributed by atoms with van der Waals surface area (Å²) in [6, 6.07) is -55.6. The topological polar surface area (TPSA) is 26.3 Å². The van der Waals surface area contributed by atoms with E-state index in [2.05, 4.69) is 0 Å². The lowest BCUT2D eigenvalue weighted by atomic mass is 9.80. The van der Waals surface area contributed by atoms with Crippen LogP contribution in [0.3, 0.4) is 0 Å². The molecule has 0 fully saturated rings. The number of hydrogen-bond acceptors (Lipinski definition) is 2. The molecule has 0 bridgehead atoms. The van der Waals surface area contributed by atoms with E-state index in [4.69, 9.17) is 58.2 Å². The summed E-state index contributed by atoms with van der Waals surface area (Å²) in [6.45, 7) is -2.31. The van der Waals surface area contributed by atoms with Crippen molar-refractivity contribution in [2.75, 3.05) is 0 Å². The van der Waals surface area contributed by atoms with E-state index in [1.54, 1.807) is 0 Å². The molecule has 2 heterocycles. The van der Waals surface area contributed by atoms with Crippen molar-refractivity contribution in [2.24, 2.45) is 0 Å². The first-order chi connectivity index (χ1) is 75.3. The van der Waals surface area contributed by atoms with E-state index in [9.17, 15) is 34.3 Å². The highest BCUT2D eigenvalue weighted by Crippen LogP contribution is 2.53. The lowest BCUT2D eigenvalue weighted by molar-refractivity contribution is 0.660. The predicted octanol–water partition coefficient (Wildman–Crippen LogP) is 28.1. The quantitative estimate of drug-likeness (QED) is 0.149. The van der Waals surface area contributed by atoms with Gasteiger partial charge in [-0.15, -0.1) is 0 Å². The Bertz CT molecular complexity index is 10300. The Morgan fingerprint density at radius 2 is 0.564 bits per heavy atom. The van der Waals surface area contributed by atoms with Crippen LogP contribution in [0.1, 0.15) is 109 Å². The average Bonchev–Trinajstić information content (AvgIpc) is 1.67. The second-order valence-corrected chi connectivity index (χ2v) is 22.6. The van der Waals surface area contributed by atoms with Crippen molar-refractivity contribution in [1.29, 1.82) is 0 Å². The van der Waals surface area contributed by atoms with Crippen LogP contribution in [-0.4, -0.2) is 0 Å². The average molecular weight is 1350 g/mol. The molecule has 0 saturated heterocycles. The van der Waals surface area contributed by atoms with Gasteiger partial charge in [0.15, 0.2) is 0 Å². The van der Waals surface area contributed by atoms with E-state index in [-0.39, 0.29) is 0 Å². The van der Waals surface area contributed by atoms with Crippen molar-refractivity contribution in [3.63, 3.8) is 0 Å². The van der Waals surface area contributed by atoms with Gasteiger partial charge in [-0.2, -0.15) is 0 Å². The molecule has 1 atom stereocenters. The van der Waals surface area contributed by atoms with Crippen LogP contribution < -0.4 is 0 Å². The molecule has 1 aliphatic carbocycles. The van der Waals surface area contributed by atoms with Crippen molar-refractivity contribution in [2.45, 2.75) is 19.2 Å². The summed E-state index contributed by atoms with van der Waals surface area (Å²) in [6.07, 6.45) is 0. The monoisotopic (exact) mass is 1350 g/mol. The van der Waals surface area contributed by atoms with Gasteiger partial charge in [0.2, 0.25) is 0 Å². The van der Waals surface area contributed by atoms with Crippen LogP contribution in [0.5, 0.6) is 0 Å². The van der Waals surface area contributed by atoms with Gasteiger partial charge < -0.3 is 8.83 Å². The lowest BCUT2D eigenvalue weighted by Gasteiger charge is -2.23. The van der Waals surface area contributed by atoms with E-state index >= 15 is 0 Å². The summed E-state index contributed by atoms with van der Waals surface area (Å²) in [5.74, 6) is 0. The molecular formula is C99H64O2. The van der Waals surface area contributed by atoms with E-state index in [1.165, 1.54) is 0 Å². The number of hydrogen-bond donors (Lipinski definition) is 0. The van der Waals surface area contributed by atoms with E-state index in [0.717, 1.165) is 6.92 Å². The molecule has 18 aromatic carbocycles. The van der Waals surface area contributed by atoms with E-state index in [0.29, 0.717) is 0 Å². The Morgan fingerprint density at radius 3 is 1.00 bits per heavy atom. The molecule has 2 nitrogen and oxygen atoms in total. The SMILES string of the molecule is [2H]c1c([2H])c([2H])c(-c2c([2H])c([2H])c(-c3c4c([2H])c([2H])c([2H])c([2H])c4c(-c4c([2H])c([2H])c(-c5c([2H])c([2H])c([2H])c6oc7c8c([2H])c([2H])c([2H])c([2H])c8c([2H])c([2H])c7c56)c([2H])c4[2H])c4c([2H])c([2H])c([2H])c([2H])c34)c([2H])c2[2H])c([2H])c1[2H].[2H]c1c([2H])c([2H])c2c(c1[2H])-c1c([2H])c([2H])c(-c3c4c([2H])c([2H])c([2H])c([2H])c4c(-c4c([2H])c([2H])c(-c5c([2H])c([2H])c([2H])c6oc7c8c([2H])c([2H])c([2H])c([2H])c8c([2H])c([2H])c7c56)c([2H])c4[2H])c4c([2H])c([2H])c([2H])c([2H])c34)c([2H])c1C2(C)C([2H])([2H])[2H].